The van der Waals surface area contributed by atoms with Crippen molar-refractivity contribution in [3.63, 3.8) is 0 Å². The van der Waals surface area contributed by atoms with Gasteiger partial charge in [-0.3, -0.25) is 0 Å². The zero-order valence-corrected chi connectivity index (χ0v) is 8.13. The average Bonchev–Trinajstić information content (AvgIpc) is 2.11. The molecule has 0 aromatic carbocycles. The van der Waals surface area contributed by atoms with E-state index in [2.05, 4.69) is 6.92 Å². The highest BCUT2D eigenvalue weighted by atomic mass is 16.3. The molecule has 0 fully saturated rings. The molecule has 0 spiro atoms. The molecule has 74 valence electrons. The molecule has 0 aliphatic carbocycles. The maximum Gasteiger partial charge on any atom is 0.0481 e. The fraction of sp³-hybridized carbons (Fsp3) is 1.00. The minimum Gasteiger partial charge on any atom is -0.396 e. The first-order chi connectivity index (χ1) is 5.85. The van der Waals surface area contributed by atoms with Crippen molar-refractivity contribution in [1.82, 2.24) is 0 Å². The van der Waals surface area contributed by atoms with Crippen LogP contribution in [-0.2, 0) is 0 Å². The van der Waals surface area contributed by atoms with E-state index in [1.165, 1.54) is 25.7 Å². The van der Waals surface area contributed by atoms with Crippen LogP contribution >= 0.6 is 0 Å². The molecule has 0 aromatic heterocycles. The molecule has 0 saturated carbocycles. The van der Waals surface area contributed by atoms with Crippen LogP contribution in [0, 0.1) is 5.92 Å². The molecule has 0 aromatic rings. The van der Waals surface area contributed by atoms with Gasteiger partial charge < -0.3 is 10.2 Å². The molecule has 12 heavy (non-hydrogen) atoms. The highest BCUT2D eigenvalue weighted by molar-refractivity contribution is 4.55. The lowest BCUT2D eigenvalue weighted by Crippen LogP contribution is -2.10. The van der Waals surface area contributed by atoms with E-state index in [1.807, 2.05) is 0 Å². The topological polar surface area (TPSA) is 40.5 Å². The maximum absolute atomic E-state index is 8.77. The summed E-state index contributed by atoms with van der Waals surface area (Å²) < 4.78 is 0. The summed E-state index contributed by atoms with van der Waals surface area (Å²) in [6, 6.07) is 0. The molecule has 0 aliphatic heterocycles. The summed E-state index contributed by atoms with van der Waals surface area (Å²) in [4.78, 5) is 0. The van der Waals surface area contributed by atoms with Crippen LogP contribution in [0.25, 0.3) is 0 Å². The summed E-state index contributed by atoms with van der Waals surface area (Å²) in [6.45, 7) is 2.46. The van der Waals surface area contributed by atoms with Gasteiger partial charge in [0.1, 0.15) is 0 Å². The van der Waals surface area contributed by atoms with Crippen molar-refractivity contribution in [2.75, 3.05) is 13.2 Å². The number of rotatable bonds is 8. The molecule has 0 amide bonds. The second kappa shape index (κ2) is 9.01. The number of aliphatic hydroxyl groups excluding tert-OH is 2. The van der Waals surface area contributed by atoms with Gasteiger partial charge in [0, 0.05) is 19.1 Å². The van der Waals surface area contributed by atoms with Crippen molar-refractivity contribution in [2.45, 2.75) is 45.4 Å². The second-order valence-corrected chi connectivity index (χ2v) is 3.43. The molecular weight excluding hydrogens is 152 g/mol. The molecular formula is C10H22O2. The monoisotopic (exact) mass is 174 g/mol. The highest BCUT2D eigenvalue weighted by Gasteiger charge is 2.03. The molecule has 0 radical (unpaired) electrons. The van der Waals surface area contributed by atoms with Crippen molar-refractivity contribution in [2.24, 2.45) is 5.92 Å². The lowest BCUT2D eigenvalue weighted by molar-refractivity contribution is 0.141. The Kier molecular flexibility index (Phi) is 8.95. The summed E-state index contributed by atoms with van der Waals surface area (Å²) in [7, 11) is 0. The molecule has 2 N–H and O–H groups in total. The highest BCUT2D eigenvalue weighted by Crippen LogP contribution is 2.10. The summed E-state index contributed by atoms with van der Waals surface area (Å²) in [5, 5.41) is 17.5. The molecule has 2 nitrogen and oxygen atoms in total. The van der Waals surface area contributed by atoms with Crippen LogP contribution in [0.1, 0.15) is 45.4 Å². The van der Waals surface area contributed by atoms with Crippen LogP contribution in [-0.4, -0.2) is 23.4 Å². The van der Waals surface area contributed by atoms with Crippen LogP contribution < -0.4 is 0 Å². The van der Waals surface area contributed by atoms with Gasteiger partial charge in [0.2, 0.25) is 0 Å². The Labute approximate surface area is 75.6 Å². The Bertz CT molecular complexity index is 79.9. The van der Waals surface area contributed by atoms with Gasteiger partial charge in [-0.25, -0.2) is 0 Å². The van der Waals surface area contributed by atoms with Crippen molar-refractivity contribution in [1.29, 1.82) is 0 Å². The van der Waals surface area contributed by atoms with Gasteiger partial charge in [0.15, 0.2) is 0 Å². The molecule has 0 unspecified atom stereocenters. The van der Waals surface area contributed by atoms with E-state index in [-0.39, 0.29) is 19.1 Å². The first-order valence-corrected chi connectivity index (χ1v) is 5.06. The molecule has 0 saturated heterocycles. The third kappa shape index (κ3) is 6.62. The van der Waals surface area contributed by atoms with Gasteiger partial charge in [0.25, 0.3) is 0 Å². The molecule has 0 heterocycles. The largest absolute Gasteiger partial charge is 0.396 e. The third-order valence-electron chi connectivity index (χ3n) is 2.23. The first-order valence-electron chi connectivity index (χ1n) is 5.06. The smallest absolute Gasteiger partial charge is 0.0481 e. The van der Waals surface area contributed by atoms with Gasteiger partial charge in [-0.15, -0.1) is 0 Å². The van der Waals surface area contributed by atoms with E-state index in [9.17, 15) is 0 Å². The average molecular weight is 174 g/mol. The molecule has 0 atom stereocenters. The van der Waals surface area contributed by atoms with Gasteiger partial charge in [-0.2, -0.15) is 0 Å². The van der Waals surface area contributed by atoms with E-state index < -0.39 is 0 Å². The normalized spacial score (nSPS) is 11.0. The van der Waals surface area contributed by atoms with Crippen LogP contribution in [0.15, 0.2) is 0 Å². The van der Waals surface area contributed by atoms with Crippen LogP contribution in [0.3, 0.4) is 0 Å². The van der Waals surface area contributed by atoms with Gasteiger partial charge in [-0.1, -0.05) is 39.0 Å². The van der Waals surface area contributed by atoms with E-state index in [0.29, 0.717) is 0 Å². The third-order valence-corrected chi connectivity index (χ3v) is 2.23. The van der Waals surface area contributed by atoms with E-state index in [4.69, 9.17) is 10.2 Å². The quantitative estimate of drug-likeness (QED) is 0.552. The molecule has 0 aliphatic rings. The molecule has 2 heteroatoms. The lowest BCUT2D eigenvalue weighted by Gasteiger charge is -2.09. The fourth-order valence-corrected chi connectivity index (χ4v) is 1.28. The number of aliphatic hydroxyl groups is 2. The van der Waals surface area contributed by atoms with Crippen molar-refractivity contribution < 1.29 is 10.2 Å². The lowest BCUT2D eigenvalue weighted by atomic mass is 10.0. The van der Waals surface area contributed by atoms with Crippen LogP contribution in [0.2, 0.25) is 0 Å². The minimum atomic E-state index is 0.117. The fourth-order valence-electron chi connectivity index (χ4n) is 1.28. The predicted molar refractivity (Wildman–Crippen MR) is 51.0 cm³/mol. The van der Waals surface area contributed by atoms with Crippen molar-refractivity contribution >= 4 is 0 Å². The van der Waals surface area contributed by atoms with Crippen LogP contribution in [0.4, 0.5) is 0 Å². The Balaban J connectivity index is 3.06. The predicted octanol–water partition coefficient (Wildman–Crippen LogP) is 1.95. The zero-order chi connectivity index (χ0) is 9.23. The zero-order valence-electron chi connectivity index (χ0n) is 8.13. The Morgan fingerprint density at radius 2 is 1.50 bits per heavy atom. The Hall–Kier alpha value is -0.0800. The minimum absolute atomic E-state index is 0.117. The van der Waals surface area contributed by atoms with Gasteiger partial charge in [0.05, 0.1) is 0 Å². The first kappa shape index (κ1) is 11.9. The summed E-state index contributed by atoms with van der Waals surface area (Å²) in [5.74, 6) is 0.117. The van der Waals surface area contributed by atoms with Gasteiger partial charge >= 0.3 is 0 Å². The summed E-state index contributed by atoms with van der Waals surface area (Å²) in [5.41, 5.74) is 0. The molecule has 0 rings (SSSR count). The second-order valence-electron chi connectivity index (χ2n) is 3.43. The number of unbranched alkanes of at least 4 members (excludes halogenated alkanes) is 4. The Morgan fingerprint density at radius 1 is 0.917 bits per heavy atom. The molecule has 0 bridgehead atoms. The summed E-state index contributed by atoms with van der Waals surface area (Å²) >= 11 is 0. The van der Waals surface area contributed by atoms with Gasteiger partial charge in [-0.05, 0) is 6.42 Å². The Morgan fingerprint density at radius 3 is 2.00 bits per heavy atom. The summed E-state index contributed by atoms with van der Waals surface area (Å²) in [6.07, 6.45) is 7.22. The van der Waals surface area contributed by atoms with E-state index in [1.54, 1.807) is 0 Å². The SMILES string of the molecule is CCCCCCCC(CO)CO. The van der Waals surface area contributed by atoms with Crippen molar-refractivity contribution in [3.8, 4) is 0 Å². The van der Waals surface area contributed by atoms with E-state index in [0.717, 1.165) is 12.8 Å². The number of hydrogen-bond donors (Lipinski definition) is 2. The van der Waals surface area contributed by atoms with Crippen molar-refractivity contribution in [3.05, 3.63) is 0 Å². The maximum atomic E-state index is 8.77. The number of hydrogen-bond acceptors (Lipinski definition) is 2. The standard InChI is InChI=1S/C10H22O2/c1-2-3-4-5-6-7-10(8-11)9-12/h10-12H,2-9H2,1H3. The van der Waals surface area contributed by atoms with E-state index >= 15 is 0 Å². The van der Waals surface area contributed by atoms with Crippen LogP contribution in [0.5, 0.6) is 0 Å².